The molecule has 3 aromatic rings. The standard InChI is InChI=1S/C19H15N3O3S3/c1-12-6-8-14(9-7-12)28(24,25)21-22-18(23)17(27-19(22)26)10-13-11-20-16-5-3-2-4-15(13)16/h2-11,21,23H,1H3/b13-10+. The summed E-state index contributed by atoms with van der Waals surface area (Å²) in [4.78, 5) is 7.19. The summed E-state index contributed by atoms with van der Waals surface area (Å²) in [7, 11) is -3.89. The number of thiazole rings is 1. The lowest BCUT2D eigenvalue weighted by atomic mass is 10.1. The van der Waals surface area contributed by atoms with E-state index >= 15 is 0 Å². The maximum absolute atomic E-state index is 12.6. The highest BCUT2D eigenvalue weighted by atomic mass is 32.2. The zero-order valence-electron chi connectivity index (χ0n) is 14.7. The predicted octanol–water partition coefficient (Wildman–Crippen LogP) is 4.48. The molecule has 0 aliphatic carbocycles. The minimum Gasteiger partial charge on any atom is -0.492 e. The maximum atomic E-state index is 12.6. The Morgan fingerprint density at radius 3 is 2.64 bits per heavy atom. The molecule has 9 heteroatoms. The highest BCUT2D eigenvalue weighted by Crippen LogP contribution is 2.35. The average Bonchev–Trinajstić information content (AvgIpc) is 3.19. The van der Waals surface area contributed by atoms with E-state index < -0.39 is 10.0 Å². The number of para-hydroxylation sites is 1. The smallest absolute Gasteiger partial charge is 0.275 e. The number of nitrogens with one attached hydrogen (secondary N) is 1. The minimum absolute atomic E-state index is 0.0855. The molecular formula is C19H15N3O3S3. The van der Waals surface area contributed by atoms with Crippen LogP contribution in [0.4, 0.5) is 5.69 Å². The van der Waals surface area contributed by atoms with Crippen molar-refractivity contribution in [1.82, 2.24) is 4.68 Å². The van der Waals surface area contributed by atoms with Gasteiger partial charge in [0, 0.05) is 17.4 Å². The van der Waals surface area contributed by atoms with Gasteiger partial charge in [-0.15, -0.1) is 0 Å². The van der Waals surface area contributed by atoms with E-state index in [2.05, 4.69) is 9.82 Å². The van der Waals surface area contributed by atoms with Crippen molar-refractivity contribution in [3.05, 3.63) is 68.5 Å². The SMILES string of the molecule is Cc1ccc(S(=O)(=O)Nn2c(O)c(/C=C3\C=Nc4ccccc43)sc2=S)cc1. The quantitative estimate of drug-likeness (QED) is 0.599. The second-order valence-electron chi connectivity index (χ2n) is 6.17. The summed E-state index contributed by atoms with van der Waals surface area (Å²) in [6.07, 6.45) is 3.44. The molecule has 0 saturated carbocycles. The first-order valence-electron chi connectivity index (χ1n) is 8.24. The van der Waals surface area contributed by atoms with Gasteiger partial charge in [0.15, 0.2) is 3.95 Å². The number of hydrogen-bond acceptors (Lipinski definition) is 6. The summed E-state index contributed by atoms with van der Waals surface area (Å²) in [6.45, 7) is 1.87. The highest BCUT2D eigenvalue weighted by Gasteiger charge is 2.20. The zero-order chi connectivity index (χ0) is 19.9. The molecule has 0 atom stereocenters. The maximum Gasteiger partial charge on any atom is 0.275 e. The fraction of sp³-hybridized carbons (Fsp3) is 0.0526. The molecule has 28 heavy (non-hydrogen) atoms. The molecule has 1 aromatic heterocycles. The normalized spacial score (nSPS) is 14.4. The second-order valence-corrected chi connectivity index (χ2v) is 9.51. The monoisotopic (exact) mass is 429 g/mol. The van der Waals surface area contributed by atoms with Gasteiger partial charge in [-0.2, -0.15) is 13.1 Å². The molecule has 0 bridgehead atoms. The van der Waals surface area contributed by atoms with Crippen LogP contribution < -0.4 is 4.83 Å². The third-order valence-corrected chi connectivity index (χ3v) is 6.82. The Bertz CT molecular complexity index is 1280. The van der Waals surface area contributed by atoms with Crippen LogP contribution in [-0.4, -0.2) is 24.4 Å². The molecule has 0 spiro atoms. The first-order chi connectivity index (χ1) is 13.3. The van der Waals surface area contributed by atoms with Crippen molar-refractivity contribution in [2.45, 2.75) is 11.8 Å². The van der Waals surface area contributed by atoms with Crippen LogP contribution in [0.25, 0.3) is 11.6 Å². The number of aromatic nitrogens is 1. The van der Waals surface area contributed by atoms with Gasteiger partial charge in [0.1, 0.15) is 0 Å². The number of aryl methyl sites for hydroxylation is 1. The Morgan fingerprint density at radius 1 is 1.18 bits per heavy atom. The minimum atomic E-state index is -3.89. The van der Waals surface area contributed by atoms with E-state index in [0.717, 1.165) is 38.4 Å². The fourth-order valence-corrected chi connectivity index (χ4v) is 5.06. The Kier molecular flexibility index (Phi) is 4.66. The van der Waals surface area contributed by atoms with Gasteiger partial charge in [-0.1, -0.05) is 47.2 Å². The van der Waals surface area contributed by atoms with Gasteiger partial charge in [-0.3, -0.25) is 4.99 Å². The van der Waals surface area contributed by atoms with Crippen molar-refractivity contribution >= 4 is 57.1 Å². The third kappa shape index (κ3) is 3.39. The lowest BCUT2D eigenvalue weighted by molar-refractivity contribution is 0.434. The molecule has 6 nitrogen and oxygen atoms in total. The van der Waals surface area contributed by atoms with Crippen molar-refractivity contribution < 1.29 is 13.5 Å². The van der Waals surface area contributed by atoms with Gasteiger partial charge in [0.25, 0.3) is 10.0 Å². The molecular weight excluding hydrogens is 414 g/mol. The number of aromatic hydroxyl groups is 1. The van der Waals surface area contributed by atoms with E-state index in [9.17, 15) is 13.5 Å². The van der Waals surface area contributed by atoms with Crippen molar-refractivity contribution in [3.8, 4) is 5.88 Å². The van der Waals surface area contributed by atoms with Crippen LogP contribution in [0.15, 0.2) is 58.4 Å². The summed E-state index contributed by atoms with van der Waals surface area (Å²) >= 11 is 6.35. The third-order valence-electron chi connectivity index (χ3n) is 4.20. The first-order valence-corrected chi connectivity index (χ1v) is 11.0. The Labute approximate surface area is 171 Å². The molecule has 2 aromatic carbocycles. The largest absolute Gasteiger partial charge is 0.492 e. The topological polar surface area (TPSA) is 83.7 Å². The number of allylic oxidation sites excluding steroid dienone is 1. The number of benzene rings is 2. The average molecular weight is 430 g/mol. The fourth-order valence-electron chi connectivity index (χ4n) is 2.74. The molecule has 1 aliphatic heterocycles. The lowest BCUT2D eigenvalue weighted by Crippen LogP contribution is -2.22. The van der Waals surface area contributed by atoms with Crippen LogP contribution in [0, 0.1) is 10.9 Å². The molecule has 0 unspecified atom stereocenters. The van der Waals surface area contributed by atoms with E-state index in [4.69, 9.17) is 12.2 Å². The van der Waals surface area contributed by atoms with Gasteiger partial charge in [-0.05, 0) is 43.4 Å². The van der Waals surface area contributed by atoms with Crippen LogP contribution in [0.3, 0.4) is 0 Å². The predicted molar refractivity (Wildman–Crippen MR) is 115 cm³/mol. The summed E-state index contributed by atoms with van der Waals surface area (Å²) in [5.41, 5.74) is 3.54. The molecule has 0 radical (unpaired) electrons. The molecule has 0 fully saturated rings. The van der Waals surface area contributed by atoms with E-state index in [0.29, 0.717) is 4.88 Å². The number of hydrogen-bond donors (Lipinski definition) is 2. The van der Waals surface area contributed by atoms with Crippen molar-refractivity contribution in [2.24, 2.45) is 4.99 Å². The molecule has 4 rings (SSSR count). The molecule has 1 aliphatic rings. The molecule has 0 saturated heterocycles. The molecule has 0 amide bonds. The van der Waals surface area contributed by atoms with Gasteiger partial charge in [0.05, 0.1) is 15.5 Å². The van der Waals surface area contributed by atoms with Gasteiger partial charge in [-0.25, -0.2) is 4.83 Å². The number of fused-ring (bicyclic) bond motifs is 1. The van der Waals surface area contributed by atoms with Crippen LogP contribution in [0.2, 0.25) is 0 Å². The van der Waals surface area contributed by atoms with E-state index in [-0.39, 0.29) is 14.7 Å². The van der Waals surface area contributed by atoms with Gasteiger partial charge < -0.3 is 5.11 Å². The molecule has 142 valence electrons. The number of sulfonamides is 1. The van der Waals surface area contributed by atoms with E-state index in [1.54, 1.807) is 24.4 Å². The molecule has 2 N–H and O–H groups in total. The summed E-state index contributed by atoms with van der Waals surface area (Å²) in [5, 5.41) is 10.6. The van der Waals surface area contributed by atoms with Gasteiger partial charge >= 0.3 is 0 Å². The van der Waals surface area contributed by atoms with Crippen LogP contribution in [-0.2, 0) is 10.0 Å². The van der Waals surface area contributed by atoms with Crippen molar-refractivity contribution in [1.29, 1.82) is 0 Å². The van der Waals surface area contributed by atoms with E-state index in [1.165, 1.54) is 12.1 Å². The highest BCUT2D eigenvalue weighted by molar-refractivity contribution is 7.92. The lowest BCUT2D eigenvalue weighted by Gasteiger charge is -2.10. The van der Waals surface area contributed by atoms with Crippen LogP contribution >= 0.6 is 23.6 Å². The van der Waals surface area contributed by atoms with E-state index in [1.807, 2.05) is 31.2 Å². The number of rotatable bonds is 4. The zero-order valence-corrected chi connectivity index (χ0v) is 17.1. The summed E-state index contributed by atoms with van der Waals surface area (Å²) < 4.78 is 26.4. The molecule has 2 heterocycles. The van der Waals surface area contributed by atoms with Crippen LogP contribution in [0.1, 0.15) is 16.0 Å². The Hall–Kier alpha value is -2.75. The van der Waals surface area contributed by atoms with Gasteiger partial charge in [0.2, 0.25) is 5.88 Å². The summed E-state index contributed by atoms with van der Waals surface area (Å²) in [6, 6.07) is 14.0. The second kappa shape index (κ2) is 7.01. The number of aliphatic imine (C=N–C) groups is 1. The van der Waals surface area contributed by atoms with Crippen molar-refractivity contribution in [2.75, 3.05) is 4.83 Å². The van der Waals surface area contributed by atoms with Crippen LogP contribution in [0.5, 0.6) is 5.88 Å². The van der Waals surface area contributed by atoms with Crippen molar-refractivity contribution in [3.63, 3.8) is 0 Å². The summed E-state index contributed by atoms with van der Waals surface area (Å²) in [5.74, 6) is -0.268. The number of nitrogens with zero attached hydrogens (tertiary/aromatic N) is 2. The Balaban J connectivity index is 1.69. The first kappa shape index (κ1) is 18.6. The Morgan fingerprint density at radius 2 is 1.89 bits per heavy atom.